The summed E-state index contributed by atoms with van der Waals surface area (Å²) >= 11 is 0. The first-order valence-electron chi connectivity index (χ1n) is 13.0. The van der Waals surface area contributed by atoms with Gasteiger partial charge in [0.2, 0.25) is 0 Å². The molecule has 2 N–H and O–H groups in total. The summed E-state index contributed by atoms with van der Waals surface area (Å²) in [7, 11) is 1.48. The van der Waals surface area contributed by atoms with Crippen LogP contribution in [-0.2, 0) is 17.6 Å². The van der Waals surface area contributed by atoms with E-state index in [1.165, 1.54) is 7.11 Å². The Kier molecular flexibility index (Phi) is 8.50. The van der Waals surface area contributed by atoms with Gasteiger partial charge in [0, 0.05) is 53.2 Å². The van der Waals surface area contributed by atoms with Crippen LogP contribution in [0.3, 0.4) is 0 Å². The van der Waals surface area contributed by atoms with E-state index in [-0.39, 0.29) is 5.56 Å². The zero-order valence-electron chi connectivity index (χ0n) is 22.1. The number of hydrazone groups is 1. The van der Waals surface area contributed by atoms with E-state index in [1.807, 2.05) is 42.6 Å². The Morgan fingerprint density at radius 2 is 2.05 bits per heavy atom. The predicted octanol–water partition coefficient (Wildman–Crippen LogP) is 4.87. The van der Waals surface area contributed by atoms with E-state index < -0.39 is 5.91 Å². The van der Waals surface area contributed by atoms with Gasteiger partial charge in [-0.05, 0) is 47.2 Å². The number of benzene rings is 2. The maximum atomic E-state index is 12.0. The third-order valence-corrected chi connectivity index (χ3v) is 6.60. The summed E-state index contributed by atoms with van der Waals surface area (Å²) in [5, 5.41) is 8.69. The fourth-order valence-corrected chi connectivity index (χ4v) is 4.59. The van der Waals surface area contributed by atoms with Crippen molar-refractivity contribution in [1.82, 2.24) is 15.0 Å². The minimum atomic E-state index is -0.674. The topological polar surface area (TPSA) is 153 Å². The van der Waals surface area contributed by atoms with Crippen LogP contribution < -0.4 is 15.1 Å². The summed E-state index contributed by atoms with van der Waals surface area (Å²) in [4.78, 5) is 29.5. The van der Waals surface area contributed by atoms with E-state index in [9.17, 15) is 4.79 Å². The fourth-order valence-electron chi connectivity index (χ4n) is 4.59. The molecule has 0 radical (unpaired) electrons. The van der Waals surface area contributed by atoms with Crippen molar-refractivity contribution in [2.45, 2.75) is 19.3 Å². The molecule has 0 unspecified atom stereocenters. The van der Waals surface area contributed by atoms with Gasteiger partial charge in [0.05, 0.1) is 32.1 Å². The number of anilines is 2. The van der Waals surface area contributed by atoms with Crippen molar-refractivity contribution < 1.29 is 14.3 Å². The summed E-state index contributed by atoms with van der Waals surface area (Å²) in [5.41, 5.74) is 14.9. The lowest BCUT2D eigenvalue weighted by Gasteiger charge is -2.28. The molecule has 5 rings (SSSR count). The van der Waals surface area contributed by atoms with Crippen LogP contribution in [0.25, 0.3) is 21.3 Å². The Morgan fingerprint density at radius 3 is 2.88 bits per heavy atom. The average Bonchev–Trinajstić information content (AvgIpc) is 3.40. The van der Waals surface area contributed by atoms with Crippen LogP contribution in [0.15, 0.2) is 64.9 Å². The van der Waals surface area contributed by atoms with Gasteiger partial charge in [-0.1, -0.05) is 24.3 Å². The third kappa shape index (κ3) is 6.37. The molecule has 12 heteroatoms. The van der Waals surface area contributed by atoms with Gasteiger partial charge in [0.25, 0.3) is 5.91 Å². The van der Waals surface area contributed by atoms with Gasteiger partial charge in [-0.25, -0.2) is 9.97 Å². The Labute approximate surface area is 230 Å². The van der Waals surface area contributed by atoms with Crippen molar-refractivity contribution in [3.8, 4) is 5.75 Å². The van der Waals surface area contributed by atoms with E-state index in [0.29, 0.717) is 37.0 Å². The van der Waals surface area contributed by atoms with Crippen LogP contribution in [0, 0.1) is 0 Å². The molecule has 1 amide bonds. The molecule has 0 bridgehead atoms. The van der Waals surface area contributed by atoms with E-state index >= 15 is 0 Å². The van der Waals surface area contributed by atoms with Gasteiger partial charge < -0.3 is 19.4 Å². The molecular weight excluding hydrogens is 510 g/mol. The van der Waals surface area contributed by atoms with E-state index in [4.69, 9.17) is 25.0 Å². The number of para-hydroxylation sites is 1. The Morgan fingerprint density at radius 1 is 1.20 bits per heavy atom. The molecule has 1 aliphatic heterocycles. The van der Waals surface area contributed by atoms with Crippen molar-refractivity contribution in [3.05, 3.63) is 87.7 Å². The Balaban J connectivity index is 1.29. The van der Waals surface area contributed by atoms with Crippen molar-refractivity contribution in [1.29, 1.82) is 0 Å². The van der Waals surface area contributed by atoms with Crippen molar-refractivity contribution in [2.75, 3.05) is 43.7 Å². The second-order valence-electron chi connectivity index (χ2n) is 9.17. The molecule has 0 atom stereocenters. The summed E-state index contributed by atoms with van der Waals surface area (Å²) in [6.45, 7) is 2.83. The molecule has 2 aromatic heterocycles. The first-order chi connectivity index (χ1) is 19.6. The number of aromatic amines is 1. The number of methoxy groups -OCH3 is 1. The lowest BCUT2D eigenvalue weighted by Crippen LogP contribution is -2.37. The first-order valence-corrected chi connectivity index (χ1v) is 13.0. The lowest BCUT2D eigenvalue weighted by molar-refractivity contribution is 0.0997. The minimum Gasteiger partial charge on any atom is -0.496 e. The minimum absolute atomic E-state index is 0.231. The maximum Gasteiger partial charge on any atom is 0.252 e. The van der Waals surface area contributed by atoms with Gasteiger partial charge >= 0.3 is 0 Å². The SMILES string of the molecule is COc1cc(CCCc2nc(N/N=C/c3c[nH]c4ccccc34)cc(N3CCOCC3)n2)ccc1C(=O)N=[N+]=[N-]. The second kappa shape index (κ2) is 12.7. The lowest BCUT2D eigenvalue weighted by atomic mass is 10.0. The number of hydrogen-bond donors (Lipinski definition) is 2. The number of aromatic nitrogens is 3. The molecule has 0 aliphatic carbocycles. The standard InChI is InChI=1S/C28H29N9O3/c1-39-24-15-19(9-10-22(24)28(38)35-36-29)5-4-8-25-32-26(16-27(33-25)37-11-13-40-14-12-37)34-31-18-20-17-30-23-7-3-2-6-21(20)23/h2-3,6-7,9-10,15-18,30H,4-5,8,11-14H2,1H3,(H,32,33,34)/b31-18+. The summed E-state index contributed by atoms with van der Waals surface area (Å²) in [6.07, 6.45) is 5.84. The fraction of sp³-hybridized carbons (Fsp3) is 0.286. The molecule has 4 aromatic rings. The predicted molar refractivity (Wildman–Crippen MR) is 153 cm³/mol. The van der Waals surface area contributed by atoms with Crippen molar-refractivity contribution in [3.63, 3.8) is 0 Å². The van der Waals surface area contributed by atoms with Crippen LogP contribution in [0.2, 0.25) is 0 Å². The summed E-state index contributed by atoms with van der Waals surface area (Å²) in [6, 6.07) is 15.2. The Bertz CT molecular complexity index is 1570. The molecule has 1 fully saturated rings. The molecule has 0 spiro atoms. The normalized spacial score (nSPS) is 13.4. The third-order valence-electron chi connectivity index (χ3n) is 6.60. The van der Waals surface area contributed by atoms with Crippen molar-refractivity contribution >= 4 is 34.7 Å². The largest absolute Gasteiger partial charge is 0.496 e. The molecule has 0 saturated carbocycles. The number of rotatable bonds is 10. The molecule has 2 aromatic carbocycles. The molecule has 3 heterocycles. The number of hydrogen-bond acceptors (Lipinski definition) is 8. The van der Waals surface area contributed by atoms with Crippen LogP contribution in [0.5, 0.6) is 5.75 Å². The highest BCUT2D eigenvalue weighted by Crippen LogP contribution is 2.23. The van der Waals surface area contributed by atoms with Gasteiger partial charge in [-0.15, -0.1) is 0 Å². The number of nitrogens with one attached hydrogen (secondary N) is 2. The zero-order chi connectivity index (χ0) is 27.7. The zero-order valence-corrected chi connectivity index (χ0v) is 22.1. The summed E-state index contributed by atoms with van der Waals surface area (Å²) in [5.74, 6) is 1.85. The first kappa shape index (κ1) is 26.7. The number of morpholine rings is 1. The number of amides is 1. The number of carbonyl (C=O) groups excluding carboxylic acids is 1. The molecule has 1 saturated heterocycles. The second-order valence-corrected chi connectivity index (χ2v) is 9.17. The van der Waals surface area contributed by atoms with Crippen LogP contribution >= 0.6 is 0 Å². The number of ether oxygens (including phenoxy) is 2. The summed E-state index contributed by atoms with van der Waals surface area (Å²) < 4.78 is 10.8. The highest BCUT2D eigenvalue weighted by Gasteiger charge is 2.16. The quantitative estimate of drug-likeness (QED) is 0.0957. The highest BCUT2D eigenvalue weighted by atomic mass is 16.5. The highest BCUT2D eigenvalue weighted by molar-refractivity contribution is 5.99. The number of nitrogens with zero attached hydrogens (tertiary/aromatic N) is 7. The molecule has 40 heavy (non-hydrogen) atoms. The van der Waals surface area contributed by atoms with E-state index in [0.717, 1.165) is 53.8 Å². The van der Waals surface area contributed by atoms with E-state index in [1.54, 1.807) is 18.3 Å². The average molecular weight is 540 g/mol. The number of azide groups is 1. The smallest absolute Gasteiger partial charge is 0.252 e. The van der Waals surface area contributed by atoms with Gasteiger partial charge in [0.1, 0.15) is 17.4 Å². The van der Waals surface area contributed by atoms with Gasteiger partial charge in [-0.2, -0.15) is 5.10 Å². The maximum absolute atomic E-state index is 12.0. The molecular formula is C28H29N9O3. The molecule has 204 valence electrons. The number of fused-ring (bicyclic) bond motifs is 1. The van der Waals surface area contributed by atoms with Crippen LogP contribution in [-0.4, -0.2) is 60.5 Å². The monoisotopic (exact) mass is 539 g/mol. The van der Waals surface area contributed by atoms with Crippen LogP contribution in [0.1, 0.15) is 33.7 Å². The number of aryl methyl sites for hydroxylation is 2. The van der Waals surface area contributed by atoms with Crippen LogP contribution in [0.4, 0.5) is 11.6 Å². The van der Waals surface area contributed by atoms with Crippen molar-refractivity contribution in [2.24, 2.45) is 10.2 Å². The number of H-pyrrole nitrogens is 1. The number of carbonyl (C=O) groups is 1. The van der Waals surface area contributed by atoms with E-state index in [2.05, 4.69) is 30.4 Å². The molecule has 1 aliphatic rings. The Hall–Kier alpha value is -4.93. The van der Waals surface area contributed by atoms with Gasteiger partial charge in [0.15, 0.2) is 5.82 Å². The molecule has 12 nitrogen and oxygen atoms in total. The van der Waals surface area contributed by atoms with Gasteiger partial charge in [-0.3, -0.25) is 10.2 Å².